The van der Waals surface area contributed by atoms with Gasteiger partial charge >= 0.3 is 0 Å². The Morgan fingerprint density at radius 1 is 1.00 bits per heavy atom. The molecule has 2 aromatic rings. The van der Waals surface area contributed by atoms with Gasteiger partial charge in [0.15, 0.2) is 17.6 Å². The number of hydrogen-bond acceptors (Lipinski definition) is 5. The van der Waals surface area contributed by atoms with Gasteiger partial charge in [0.05, 0.1) is 25.5 Å². The molecule has 2 amide bonds. The minimum absolute atomic E-state index is 0.0279. The van der Waals surface area contributed by atoms with Crippen LogP contribution in [0.2, 0.25) is 0 Å². The highest BCUT2D eigenvalue weighted by atomic mass is 16.5. The zero-order valence-electron chi connectivity index (χ0n) is 17.7. The molecule has 0 saturated carbocycles. The van der Waals surface area contributed by atoms with E-state index in [9.17, 15) is 9.59 Å². The summed E-state index contributed by atoms with van der Waals surface area (Å²) in [4.78, 5) is 24.4. The van der Waals surface area contributed by atoms with Gasteiger partial charge in [0.1, 0.15) is 5.75 Å². The van der Waals surface area contributed by atoms with E-state index in [2.05, 4.69) is 26.1 Å². The smallest absolute Gasteiger partial charge is 0.265 e. The summed E-state index contributed by atoms with van der Waals surface area (Å²) < 4.78 is 16.1. The highest BCUT2D eigenvalue weighted by Crippen LogP contribution is 2.33. The van der Waals surface area contributed by atoms with E-state index >= 15 is 0 Å². The van der Waals surface area contributed by atoms with Gasteiger partial charge in [-0.25, -0.2) is 0 Å². The summed E-state index contributed by atoms with van der Waals surface area (Å²) in [7, 11) is 2.90. The number of ether oxygens (including phenoxy) is 3. The van der Waals surface area contributed by atoms with Crippen molar-refractivity contribution in [1.82, 2.24) is 0 Å². The Morgan fingerprint density at radius 3 is 2.03 bits per heavy atom. The Morgan fingerprint density at radius 2 is 1.55 bits per heavy atom. The third kappa shape index (κ3) is 5.40. The molecule has 3 N–H and O–H groups in total. The van der Waals surface area contributed by atoms with Gasteiger partial charge in [-0.3, -0.25) is 9.59 Å². The number of nitrogens with two attached hydrogens (primary N) is 1. The lowest BCUT2D eigenvalue weighted by molar-refractivity contribution is -0.122. The van der Waals surface area contributed by atoms with Crippen LogP contribution in [-0.4, -0.2) is 32.1 Å². The summed E-state index contributed by atoms with van der Waals surface area (Å²) in [6.07, 6.45) is -0.802. The minimum Gasteiger partial charge on any atom is -0.493 e. The van der Waals surface area contributed by atoms with E-state index in [1.165, 1.54) is 31.9 Å². The number of benzene rings is 2. The first-order chi connectivity index (χ1) is 13.6. The molecule has 0 fully saturated rings. The van der Waals surface area contributed by atoms with Crippen LogP contribution in [0.3, 0.4) is 0 Å². The first-order valence-electron chi connectivity index (χ1n) is 9.20. The van der Waals surface area contributed by atoms with Gasteiger partial charge in [0.2, 0.25) is 0 Å². The van der Waals surface area contributed by atoms with Crippen molar-refractivity contribution in [2.24, 2.45) is 5.73 Å². The third-order valence-corrected chi connectivity index (χ3v) is 4.45. The molecule has 156 valence electrons. The second kappa shape index (κ2) is 8.86. The Bertz CT molecular complexity index is 885. The van der Waals surface area contributed by atoms with Crippen LogP contribution < -0.4 is 25.3 Å². The molecule has 0 bridgehead atoms. The highest BCUT2D eigenvalue weighted by Gasteiger charge is 2.21. The van der Waals surface area contributed by atoms with E-state index in [1.807, 2.05) is 24.3 Å². The Kier molecular flexibility index (Phi) is 6.74. The Labute approximate surface area is 171 Å². The van der Waals surface area contributed by atoms with E-state index in [0.29, 0.717) is 17.2 Å². The predicted molar refractivity (Wildman–Crippen MR) is 112 cm³/mol. The van der Waals surface area contributed by atoms with Crippen LogP contribution in [0, 0.1) is 0 Å². The first-order valence-corrected chi connectivity index (χ1v) is 9.20. The maximum Gasteiger partial charge on any atom is 0.265 e. The molecule has 1 unspecified atom stereocenters. The molecule has 0 radical (unpaired) electrons. The van der Waals surface area contributed by atoms with E-state index in [4.69, 9.17) is 19.9 Å². The molecule has 2 aromatic carbocycles. The average molecular weight is 400 g/mol. The normalized spacial score (nSPS) is 12.1. The van der Waals surface area contributed by atoms with Crippen molar-refractivity contribution in [1.29, 1.82) is 0 Å². The van der Waals surface area contributed by atoms with Gasteiger partial charge in [-0.1, -0.05) is 32.9 Å². The highest BCUT2D eigenvalue weighted by molar-refractivity contribution is 6.04. The van der Waals surface area contributed by atoms with Crippen molar-refractivity contribution in [2.45, 2.75) is 39.2 Å². The van der Waals surface area contributed by atoms with Crippen molar-refractivity contribution in [3.8, 4) is 17.2 Å². The lowest BCUT2D eigenvalue weighted by Crippen LogP contribution is -2.31. The summed E-state index contributed by atoms with van der Waals surface area (Å²) in [5.74, 6) is 0.136. The largest absolute Gasteiger partial charge is 0.493 e. The molecule has 0 aromatic heterocycles. The van der Waals surface area contributed by atoms with Gasteiger partial charge in [0, 0.05) is 6.07 Å². The van der Waals surface area contributed by atoms with E-state index < -0.39 is 17.9 Å². The molecular formula is C22H28N2O5. The van der Waals surface area contributed by atoms with Crippen LogP contribution in [0.4, 0.5) is 5.69 Å². The fourth-order valence-electron chi connectivity index (χ4n) is 2.71. The number of nitrogens with one attached hydrogen (secondary N) is 1. The number of hydrogen-bond donors (Lipinski definition) is 2. The lowest BCUT2D eigenvalue weighted by Gasteiger charge is -2.20. The maximum atomic E-state index is 12.6. The molecule has 7 nitrogen and oxygen atoms in total. The van der Waals surface area contributed by atoms with Gasteiger partial charge in [-0.2, -0.15) is 0 Å². The maximum absolute atomic E-state index is 12.6. The van der Waals surface area contributed by atoms with Crippen LogP contribution in [0.15, 0.2) is 36.4 Å². The summed E-state index contributed by atoms with van der Waals surface area (Å²) in [5.41, 5.74) is 6.96. The molecule has 29 heavy (non-hydrogen) atoms. The second-order valence-corrected chi connectivity index (χ2v) is 7.64. The molecule has 0 aliphatic heterocycles. The number of rotatable bonds is 7. The van der Waals surface area contributed by atoms with Crippen molar-refractivity contribution in [3.63, 3.8) is 0 Å². The third-order valence-electron chi connectivity index (χ3n) is 4.45. The van der Waals surface area contributed by atoms with Crippen LogP contribution in [0.1, 0.15) is 43.6 Å². The summed E-state index contributed by atoms with van der Waals surface area (Å²) >= 11 is 0. The first kappa shape index (κ1) is 22.1. The Balaban J connectivity index is 2.17. The van der Waals surface area contributed by atoms with Gasteiger partial charge in [-0.15, -0.1) is 0 Å². The number of carbonyl (C=O) groups excluding carboxylic acids is 2. The number of methoxy groups -OCH3 is 2. The molecule has 2 rings (SSSR count). The molecule has 0 aliphatic carbocycles. The minimum atomic E-state index is -0.802. The number of primary amides is 1. The van der Waals surface area contributed by atoms with Gasteiger partial charge < -0.3 is 25.3 Å². The van der Waals surface area contributed by atoms with Crippen LogP contribution >= 0.6 is 0 Å². The standard InChI is InChI=1S/C22H28N2O5/c1-13(29-15-9-7-14(8-10-15)22(2,3)4)21(26)24-17-12-19(28-6)18(27-5)11-16(17)20(23)25/h7-13H,1-6H3,(H2,23,25)(H,24,26). The SMILES string of the molecule is COc1cc(NC(=O)C(C)Oc2ccc(C(C)(C)C)cc2)c(C(N)=O)cc1OC. The predicted octanol–water partition coefficient (Wildman–Crippen LogP) is 3.51. The Hall–Kier alpha value is -3.22. The van der Waals surface area contributed by atoms with Crippen LogP contribution in [-0.2, 0) is 10.2 Å². The van der Waals surface area contributed by atoms with Crippen molar-refractivity contribution in [2.75, 3.05) is 19.5 Å². The van der Waals surface area contributed by atoms with Crippen LogP contribution in [0.5, 0.6) is 17.2 Å². The summed E-state index contributed by atoms with van der Waals surface area (Å²) in [6.45, 7) is 7.99. The fourth-order valence-corrected chi connectivity index (χ4v) is 2.71. The summed E-state index contributed by atoms with van der Waals surface area (Å²) in [6, 6.07) is 10.5. The summed E-state index contributed by atoms with van der Waals surface area (Å²) in [5, 5.41) is 2.67. The average Bonchev–Trinajstić information content (AvgIpc) is 2.66. The van der Waals surface area contributed by atoms with Crippen LogP contribution in [0.25, 0.3) is 0 Å². The second-order valence-electron chi connectivity index (χ2n) is 7.64. The lowest BCUT2D eigenvalue weighted by atomic mass is 9.87. The van der Waals surface area contributed by atoms with Crippen molar-refractivity contribution < 1.29 is 23.8 Å². The fraction of sp³-hybridized carbons (Fsp3) is 0.364. The monoisotopic (exact) mass is 400 g/mol. The molecule has 1 atom stereocenters. The molecule has 0 saturated heterocycles. The van der Waals surface area contributed by atoms with Crippen molar-refractivity contribution in [3.05, 3.63) is 47.5 Å². The van der Waals surface area contributed by atoms with Crippen molar-refractivity contribution >= 4 is 17.5 Å². The van der Waals surface area contributed by atoms with E-state index in [0.717, 1.165) is 0 Å². The zero-order chi connectivity index (χ0) is 21.8. The molecule has 7 heteroatoms. The zero-order valence-corrected chi connectivity index (χ0v) is 17.7. The molecule has 0 heterocycles. The van der Waals surface area contributed by atoms with Gasteiger partial charge in [-0.05, 0) is 36.1 Å². The van der Waals surface area contributed by atoms with Gasteiger partial charge in [0.25, 0.3) is 11.8 Å². The molecular weight excluding hydrogens is 372 g/mol. The molecule has 0 spiro atoms. The number of anilines is 1. The molecule has 0 aliphatic rings. The van der Waals surface area contributed by atoms with E-state index in [1.54, 1.807) is 6.92 Å². The quantitative estimate of drug-likeness (QED) is 0.741. The topological polar surface area (TPSA) is 99.9 Å². The number of amides is 2. The number of carbonyl (C=O) groups is 2. The van der Waals surface area contributed by atoms with E-state index in [-0.39, 0.29) is 16.7 Å².